The molecule has 0 aliphatic heterocycles. The number of carbonyl (C=O) groups is 2. The zero-order chi connectivity index (χ0) is 18.8. The highest BCUT2D eigenvalue weighted by Crippen LogP contribution is 2.21. The summed E-state index contributed by atoms with van der Waals surface area (Å²) in [5, 5.41) is 3.89. The molecule has 0 bridgehead atoms. The maximum atomic E-state index is 12.5. The van der Waals surface area contributed by atoms with Crippen LogP contribution in [0, 0.1) is 0 Å². The van der Waals surface area contributed by atoms with Gasteiger partial charge in [-0.3, -0.25) is 9.63 Å². The molecule has 0 radical (unpaired) electrons. The van der Waals surface area contributed by atoms with Crippen molar-refractivity contribution < 1.29 is 19.2 Å². The molecule has 2 amide bonds. The molecule has 2 aromatic carbocycles. The van der Waals surface area contributed by atoms with Crippen LogP contribution in [-0.4, -0.2) is 37.8 Å². The molecule has 0 aromatic heterocycles. The molecule has 0 spiro atoms. The van der Waals surface area contributed by atoms with E-state index in [9.17, 15) is 9.59 Å². The third-order valence-electron chi connectivity index (χ3n) is 4.00. The van der Waals surface area contributed by atoms with Crippen LogP contribution in [0.15, 0.2) is 60.7 Å². The van der Waals surface area contributed by atoms with E-state index in [1.54, 1.807) is 7.05 Å². The van der Waals surface area contributed by atoms with Crippen molar-refractivity contribution in [3.05, 3.63) is 71.8 Å². The molecule has 1 atom stereocenters. The molecule has 0 heterocycles. The van der Waals surface area contributed by atoms with E-state index in [4.69, 9.17) is 9.57 Å². The summed E-state index contributed by atoms with van der Waals surface area (Å²) in [7, 11) is 3.01. The molecule has 1 unspecified atom stereocenters. The quantitative estimate of drug-likeness (QED) is 0.738. The number of ether oxygens (including phenoxy) is 1. The van der Waals surface area contributed by atoms with Crippen molar-refractivity contribution in [2.75, 3.05) is 20.7 Å². The average molecular weight is 356 g/mol. The molecule has 0 aliphatic carbocycles. The highest BCUT2D eigenvalue weighted by molar-refractivity contribution is 5.82. The van der Waals surface area contributed by atoms with Crippen molar-refractivity contribution in [3.63, 3.8) is 0 Å². The van der Waals surface area contributed by atoms with Gasteiger partial charge < -0.3 is 10.1 Å². The Bertz CT molecular complexity index is 691. The predicted octanol–water partition coefficient (Wildman–Crippen LogP) is 3.11. The van der Waals surface area contributed by atoms with Crippen LogP contribution in [0.4, 0.5) is 4.79 Å². The minimum absolute atomic E-state index is 0.168. The predicted molar refractivity (Wildman–Crippen MR) is 98.2 cm³/mol. The largest absolute Gasteiger partial charge is 0.445 e. The number of hydroxylamine groups is 2. The van der Waals surface area contributed by atoms with Crippen LogP contribution >= 0.6 is 0 Å². The van der Waals surface area contributed by atoms with Crippen LogP contribution in [0.25, 0.3) is 0 Å². The van der Waals surface area contributed by atoms with Crippen LogP contribution in [0.5, 0.6) is 0 Å². The third-order valence-corrected chi connectivity index (χ3v) is 4.00. The van der Waals surface area contributed by atoms with Crippen molar-refractivity contribution in [1.82, 2.24) is 10.4 Å². The van der Waals surface area contributed by atoms with Gasteiger partial charge in [-0.25, -0.2) is 9.86 Å². The van der Waals surface area contributed by atoms with Gasteiger partial charge in [0.25, 0.3) is 5.91 Å². The van der Waals surface area contributed by atoms with Gasteiger partial charge in [0.05, 0.1) is 13.0 Å². The zero-order valence-corrected chi connectivity index (χ0v) is 15.1. The van der Waals surface area contributed by atoms with E-state index in [1.165, 1.54) is 12.2 Å². The molecule has 2 aromatic rings. The molecule has 6 nitrogen and oxygen atoms in total. The van der Waals surface area contributed by atoms with Crippen LogP contribution < -0.4 is 5.32 Å². The first-order chi connectivity index (χ1) is 12.6. The van der Waals surface area contributed by atoms with Crippen molar-refractivity contribution in [1.29, 1.82) is 0 Å². The lowest BCUT2D eigenvalue weighted by Gasteiger charge is -2.22. The van der Waals surface area contributed by atoms with Gasteiger partial charge >= 0.3 is 6.09 Å². The number of hydrogen-bond acceptors (Lipinski definition) is 4. The maximum absolute atomic E-state index is 12.5. The van der Waals surface area contributed by atoms with Crippen molar-refractivity contribution in [2.45, 2.75) is 18.9 Å². The molecule has 2 rings (SSSR count). The van der Waals surface area contributed by atoms with E-state index < -0.39 is 12.0 Å². The lowest BCUT2D eigenvalue weighted by atomic mass is 9.95. The second-order valence-corrected chi connectivity index (χ2v) is 5.76. The summed E-state index contributed by atoms with van der Waals surface area (Å²) in [4.78, 5) is 29.4. The van der Waals surface area contributed by atoms with E-state index in [0.29, 0.717) is 13.0 Å². The van der Waals surface area contributed by atoms with E-state index >= 15 is 0 Å². The molecule has 0 fully saturated rings. The Morgan fingerprint density at radius 1 is 1.04 bits per heavy atom. The highest BCUT2D eigenvalue weighted by Gasteiger charge is 2.24. The number of carbonyl (C=O) groups excluding carboxylic acids is 2. The highest BCUT2D eigenvalue weighted by atomic mass is 16.7. The molecule has 0 saturated carbocycles. The summed E-state index contributed by atoms with van der Waals surface area (Å²) in [5.41, 5.74) is 1.79. The summed E-state index contributed by atoms with van der Waals surface area (Å²) in [5.74, 6) is -0.575. The normalized spacial score (nSPS) is 11.5. The van der Waals surface area contributed by atoms with Gasteiger partial charge in [-0.05, 0) is 17.5 Å². The Morgan fingerprint density at radius 3 is 2.27 bits per heavy atom. The lowest BCUT2D eigenvalue weighted by Crippen LogP contribution is -2.33. The summed E-state index contributed by atoms with van der Waals surface area (Å²) in [6.45, 7) is 0.524. The first-order valence-electron chi connectivity index (χ1n) is 8.43. The lowest BCUT2D eigenvalue weighted by molar-refractivity contribution is -0.170. The summed E-state index contributed by atoms with van der Waals surface area (Å²) in [6, 6.07) is 18.9. The number of nitrogens with one attached hydrogen (secondary N) is 1. The van der Waals surface area contributed by atoms with E-state index in [1.807, 2.05) is 60.7 Å². The fourth-order valence-electron chi connectivity index (χ4n) is 2.52. The Kier molecular flexibility index (Phi) is 7.64. The van der Waals surface area contributed by atoms with Crippen LogP contribution in [0.1, 0.15) is 23.5 Å². The molecule has 26 heavy (non-hydrogen) atoms. The molecule has 0 saturated heterocycles. The SMILES string of the molecule is CON(C)C(=O)C(CCNC(=O)OCc1ccccc1)c1ccccc1. The van der Waals surface area contributed by atoms with Gasteiger partial charge in [-0.15, -0.1) is 0 Å². The number of rotatable bonds is 8. The van der Waals surface area contributed by atoms with Crippen LogP contribution in [0.3, 0.4) is 0 Å². The molecule has 6 heteroatoms. The second-order valence-electron chi connectivity index (χ2n) is 5.76. The molecular formula is C20H24N2O4. The smallest absolute Gasteiger partial charge is 0.407 e. The van der Waals surface area contributed by atoms with Crippen molar-refractivity contribution >= 4 is 12.0 Å². The van der Waals surface area contributed by atoms with Gasteiger partial charge in [0.2, 0.25) is 0 Å². The fourth-order valence-corrected chi connectivity index (χ4v) is 2.52. The van der Waals surface area contributed by atoms with Gasteiger partial charge in [0.1, 0.15) is 6.61 Å². The average Bonchev–Trinajstić information content (AvgIpc) is 2.70. The Labute approximate surface area is 153 Å². The minimum atomic E-state index is -0.506. The number of nitrogens with zero attached hydrogens (tertiary/aromatic N) is 1. The Morgan fingerprint density at radius 2 is 1.65 bits per heavy atom. The van der Waals surface area contributed by atoms with Gasteiger partial charge in [0, 0.05) is 13.6 Å². The van der Waals surface area contributed by atoms with E-state index in [0.717, 1.165) is 11.1 Å². The first kappa shape index (κ1) is 19.5. The standard InChI is InChI=1S/C20H24N2O4/c1-22(25-2)19(23)18(17-11-7-4-8-12-17)13-14-21-20(24)26-15-16-9-5-3-6-10-16/h3-12,18H,13-15H2,1-2H3,(H,21,24). The number of amides is 2. The number of hydrogen-bond donors (Lipinski definition) is 1. The second kappa shape index (κ2) is 10.2. The number of benzene rings is 2. The maximum Gasteiger partial charge on any atom is 0.407 e. The van der Waals surface area contributed by atoms with Gasteiger partial charge in [-0.1, -0.05) is 60.7 Å². The van der Waals surface area contributed by atoms with Gasteiger partial charge in [0.15, 0.2) is 0 Å². The van der Waals surface area contributed by atoms with Crippen LogP contribution in [0.2, 0.25) is 0 Å². The Balaban J connectivity index is 1.86. The topological polar surface area (TPSA) is 67.9 Å². The summed E-state index contributed by atoms with van der Waals surface area (Å²) >= 11 is 0. The summed E-state index contributed by atoms with van der Waals surface area (Å²) < 4.78 is 5.17. The van der Waals surface area contributed by atoms with Crippen LogP contribution in [-0.2, 0) is 21.0 Å². The fraction of sp³-hybridized carbons (Fsp3) is 0.300. The first-order valence-corrected chi connectivity index (χ1v) is 8.43. The van der Waals surface area contributed by atoms with E-state index in [2.05, 4.69) is 5.32 Å². The number of alkyl carbamates (subject to hydrolysis) is 1. The number of likely N-dealkylation sites (N-methyl/N-ethyl adjacent to an activating group) is 1. The van der Waals surface area contributed by atoms with Crippen molar-refractivity contribution in [3.8, 4) is 0 Å². The molecule has 138 valence electrons. The van der Waals surface area contributed by atoms with Gasteiger partial charge in [-0.2, -0.15) is 0 Å². The summed E-state index contributed by atoms with van der Waals surface area (Å²) in [6.07, 6.45) is -0.0648. The minimum Gasteiger partial charge on any atom is -0.445 e. The van der Waals surface area contributed by atoms with Crippen molar-refractivity contribution in [2.24, 2.45) is 0 Å². The molecule has 0 aliphatic rings. The zero-order valence-electron chi connectivity index (χ0n) is 15.1. The molecule has 1 N–H and O–H groups in total. The van der Waals surface area contributed by atoms with E-state index in [-0.39, 0.29) is 12.5 Å². The molecular weight excluding hydrogens is 332 g/mol. The third kappa shape index (κ3) is 5.89. The monoisotopic (exact) mass is 356 g/mol. The Hall–Kier alpha value is -2.86.